The molecule has 1 N–H and O–H groups in total. The number of hydrogen-bond donors (Lipinski definition) is 1. The fraction of sp³-hybridized carbons (Fsp3) is 0.571. The van der Waals surface area contributed by atoms with Gasteiger partial charge in [-0.3, -0.25) is 0 Å². The summed E-state index contributed by atoms with van der Waals surface area (Å²) in [7, 11) is -3.50. The molecule has 0 aromatic heterocycles. The number of unbranched alkanes of at least 4 members (excludes halogenated alkanes) is 1. The van der Waals surface area contributed by atoms with E-state index in [1.807, 2.05) is 6.92 Å². The zero-order chi connectivity index (χ0) is 14.3. The van der Waals surface area contributed by atoms with Gasteiger partial charge in [0.1, 0.15) is 10.7 Å². The lowest BCUT2D eigenvalue weighted by atomic mass is 10.1. The predicted octanol–water partition coefficient (Wildman–Crippen LogP) is 2.77. The molecule has 0 radical (unpaired) electrons. The molecular formula is C14H22FNO2S. The molecule has 1 unspecified atom stereocenters. The van der Waals surface area contributed by atoms with Crippen LogP contribution in [0.3, 0.4) is 0 Å². The van der Waals surface area contributed by atoms with Gasteiger partial charge < -0.3 is 5.32 Å². The second-order valence-electron chi connectivity index (χ2n) is 4.70. The van der Waals surface area contributed by atoms with Crippen LogP contribution in [-0.2, 0) is 9.84 Å². The van der Waals surface area contributed by atoms with E-state index in [4.69, 9.17) is 0 Å². The maximum atomic E-state index is 13.4. The zero-order valence-electron chi connectivity index (χ0n) is 11.5. The molecular weight excluding hydrogens is 265 g/mol. The van der Waals surface area contributed by atoms with Gasteiger partial charge >= 0.3 is 0 Å². The van der Waals surface area contributed by atoms with Crippen LogP contribution in [0.5, 0.6) is 0 Å². The Labute approximate surface area is 115 Å². The topological polar surface area (TPSA) is 46.2 Å². The van der Waals surface area contributed by atoms with Gasteiger partial charge in [-0.05, 0) is 38.4 Å². The van der Waals surface area contributed by atoms with Crippen LogP contribution >= 0.6 is 0 Å². The summed E-state index contributed by atoms with van der Waals surface area (Å²) in [6, 6.07) is 5.93. The molecule has 0 spiro atoms. The molecule has 0 saturated carbocycles. The Kier molecular flexibility index (Phi) is 6.45. The number of hydrogen-bond acceptors (Lipinski definition) is 3. The van der Waals surface area contributed by atoms with E-state index in [0.29, 0.717) is 12.5 Å². The third-order valence-electron chi connectivity index (χ3n) is 3.02. The second kappa shape index (κ2) is 7.60. The van der Waals surface area contributed by atoms with Crippen molar-refractivity contribution in [3.05, 3.63) is 30.1 Å². The van der Waals surface area contributed by atoms with Gasteiger partial charge in [0.15, 0.2) is 9.84 Å². The smallest absolute Gasteiger partial charge is 0.181 e. The molecule has 1 atom stereocenters. The van der Waals surface area contributed by atoms with Crippen LogP contribution in [0.1, 0.15) is 33.1 Å². The summed E-state index contributed by atoms with van der Waals surface area (Å²) >= 11 is 0. The summed E-state index contributed by atoms with van der Waals surface area (Å²) in [5.41, 5.74) is 0. The van der Waals surface area contributed by atoms with Crippen LogP contribution in [0.4, 0.5) is 4.39 Å². The monoisotopic (exact) mass is 287 g/mol. The van der Waals surface area contributed by atoms with Crippen molar-refractivity contribution in [1.29, 1.82) is 0 Å². The molecule has 1 aromatic rings. The Morgan fingerprint density at radius 1 is 1.26 bits per heavy atom. The Bertz CT molecular complexity index is 488. The van der Waals surface area contributed by atoms with Crippen molar-refractivity contribution in [3.63, 3.8) is 0 Å². The maximum Gasteiger partial charge on any atom is 0.181 e. The SMILES string of the molecule is CCNC(C)CCCCS(=O)(=O)c1ccccc1F. The molecule has 0 amide bonds. The molecule has 0 fully saturated rings. The van der Waals surface area contributed by atoms with Crippen LogP contribution in [0, 0.1) is 5.82 Å². The van der Waals surface area contributed by atoms with Crippen molar-refractivity contribution in [3.8, 4) is 0 Å². The highest BCUT2D eigenvalue weighted by Crippen LogP contribution is 2.17. The van der Waals surface area contributed by atoms with E-state index in [1.165, 1.54) is 18.2 Å². The van der Waals surface area contributed by atoms with E-state index in [2.05, 4.69) is 12.2 Å². The lowest BCUT2D eigenvalue weighted by Crippen LogP contribution is -2.25. The van der Waals surface area contributed by atoms with Crippen molar-refractivity contribution in [2.75, 3.05) is 12.3 Å². The molecule has 0 saturated heterocycles. The lowest BCUT2D eigenvalue weighted by Gasteiger charge is -2.11. The molecule has 19 heavy (non-hydrogen) atoms. The fourth-order valence-corrected chi connectivity index (χ4v) is 3.46. The predicted molar refractivity (Wildman–Crippen MR) is 75.4 cm³/mol. The first-order chi connectivity index (χ1) is 8.97. The van der Waals surface area contributed by atoms with Crippen LogP contribution in [0.25, 0.3) is 0 Å². The zero-order valence-corrected chi connectivity index (χ0v) is 12.3. The first-order valence-corrected chi connectivity index (χ1v) is 8.33. The second-order valence-corrected chi connectivity index (χ2v) is 6.78. The van der Waals surface area contributed by atoms with Gasteiger partial charge in [-0.2, -0.15) is 0 Å². The van der Waals surface area contributed by atoms with Gasteiger partial charge in [0.05, 0.1) is 5.75 Å². The van der Waals surface area contributed by atoms with Crippen molar-refractivity contribution in [2.45, 2.75) is 44.0 Å². The van der Waals surface area contributed by atoms with Gasteiger partial charge in [-0.15, -0.1) is 0 Å². The van der Waals surface area contributed by atoms with Crippen LogP contribution in [0.2, 0.25) is 0 Å². The number of rotatable bonds is 8. The van der Waals surface area contributed by atoms with Gasteiger partial charge in [0.2, 0.25) is 0 Å². The number of nitrogens with one attached hydrogen (secondary N) is 1. The van der Waals surface area contributed by atoms with Crippen LogP contribution in [0.15, 0.2) is 29.2 Å². The minimum atomic E-state index is -3.50. The van der Waals surface area contributed by atoms with E-state index in [9.17, 15) is 12.8 Å². The van der Waals surface area contributed by atoms with Crippen molar-refractivity contribution in [1.82, 2.24) is 5.32 Å². The summed E-state index contributed by atoms with van der Waals surface area (Å²) in [5.74, 6) is -0.657. The molecule has 0 aliphatic heterocycles. The number of halogens is 1. The highest BCUT2D eigenvalue weighted by Gasteiger charge is 2.18. The molecule has 108 valence electrons. The van der Waals surface area contributed by atoms with E-state index in [0.717, 1.165) is 19.4 Å². The van der Waals surface area contributed by atoms with Crippen LogP contribution in [-0.4, -0.2) is 26.8 Å². The lowest BCUT2D eigenvalue weighted by molar-refractivity contribution is 0.506. The quantitative estimate of drug-likeness (QED) is 0.748. The number of sulfone groups is 1. The summed E-state index contributed by atoms with van der Waals surface area (Å²) in [6.45, 7) is 5.03. The summed E-state index contributed by atoms with van der Waals surface area (Å²) in [5, 5.41) is 3.27. The van der Waals surface area contributed by atoms with Crippen molar-refractivity contribution < 1.29 is 12.8 Å². The van der Waals surface area contributed by atoms with E-state index in [-0.39, 0.29) is 10.6 Å². The fourth-order valence-electron chi connectivity index (χ4n) is 2.00. The minimum absolute atomic E-state index is 0.00672. The third kappa shape index (κ3) is 5.28. The van der Waals surface area contributed by atoms with Gasteiger partial charge in [-0.1, -0.05) is 25.5 Å². The third-order valence-corrected chi connectivity index (χ3v) is 4.85. The highest BCUT2D eigenvalue weighted by atomic mass is 32.2. The average Bonchev–Trinajstić information content (AvgIpc) is 2.35. The Morgan fingerprint density at radius 3 is 2.58 bits per heavy atom. The summed E-state index contributed by atoms with van der Waals surface area (Å²) in [4.78, 5) is -0.185. The first-order valence-electron chi connectivity index (χ1n) is 6.68. The van der Waals surface area contributed by atoms with E-state index >= 15 is 0 Å². The molecule has 1 aromatic carbocycles. The van der Waals surface area contributed by atoms with Gasteiger partial charge in [-0.25, -0.2) is 12.8 Å². The van der Waals surface area contributed by atoms with E-state index < -0.39 is 15.7 Å². The summed E-state index contributed by atoms with van der Waals surface area (Å²) < 4.78 is 37.4. The van der Waals surface area contributed by atoms with Gasteiger partial charge in [0, 0.05) is 6.04 Å². The standard InChI is InChI=1S/C14H22FNO2S/c1-3-16-12(2)8-6-7-11-19(17,18)14-10-5-4-9-13(14)15/h4-5,9-10,12,16H,3,6-8,11H2,1-2H3. The largest absolute Gasteiger partial charge is 0.315 e. The number of benzene rings is 1. The Hall–Kier alpha value is -0.940. The van der Waals surface area contributed by atoms with Crippen molar-refractivity contribution in [2.24, 2.45) is 0 Å². The van der Waals surface area contributed by atoms with Crippen molar-refractivity contribution >= 4 is 9.84 Å². The molecule has 5 heteroatoms. The molecule has 0 aliphatic carbocycles. The molecule has 1 rings (SSSR count). The molecule has 3 nitrogen and oxygen atoms in total. The Balaban J connectivity index is 2.47. The van der Waals surface area contributed by atoms with Gasteiger partial charge in [0.25, 0.3) is 0 Å². The van der Waals surface area contributed by atoms with Crippen LogP contribution < -0.4 is 5.32 Å². The normalized spacial score (nSPS) is 13.4. The highest BCUT2D eigenvalue weighted by molar-refractivity contribution is 7.91. The summed E-state index contributed by atoms with van der Waals surface area (Å²) in [6.07, 6.45) is 2.31. The Morgan fingerprint density at radius 2 is 1.95 bits per heavy atom. The molecule has 0 bridgehead atoms. The molecule has 0 heterocycles. The molecule has 0 aliphatic rings. The first kappa shape index (κ1) is 16.1. The maximum absolute atomic E-state index is 13.4. The minimum Gasteiger partial charge on any atom is -0.315 e. The van der Waals surface area contributed by atoms with E-state index in [1.54, 1.807) is 6.07 Å². The average molecular weight is 287 g/mol.